The van der Waals surface area contributed by atoms with E-state index in [1.807, 2.05) is 44.2 Å². The number of hydrogen-bond donors (Lipinski definition) is 1. The molecule has 2 rings (SSSR count). The van der Waals surface area contributed by atoms with E-state index in [9.17, 15) is 9.59 Å². The van der Waals surface area contributed by atoms with Gasteiger partial charge in [0.2, 0.25) is 5.91 Å². The lowest BCUT2D eigenvalue weighted by Gasteiger charge is -2.30. The number of hydrogen-bond acceptors (Lipinski definition) is 3. The number of nitrogens with zero attached hydrogens (tertiary/aromatic N) is 1. The molecule has 1 saturated heterocycles. The molecule has 5 nitrogen and oxygen atoms in total. The van der Waals surface area contributed by atoms with Crippen LogP contribution in [0.5, 0.6) is 0 Å². The van der Waals surface area contributed by atoms with E-state index in [0.717, 1.165) is 5.69 Å². The number of nitrogens with one attached hydrogen (secondary N) is 1. The highest BCUT2D eigenvalue weighted by Gasteiger charge is 2.28. The van der Waals surface area contributed by atoms with Gasteiger partial charge in [0.05, 0.1) is 6.61 Å². The van der Waals surface area contributed by atoms with Gasteiger partial charge in [-0.05, 0) is 30.9 Å². The molecule has 1 aliphatic rings. The average Bonchev–Trinajstić information content (AvgIpc) is 2.53. The molecule has 0 spiro atoms. The molecular formula is C17H24N2O3. The molecule has 1 N–H and O–H groups in total. The van der Waals surface area contributed by atoms with Crippen molar-refractivity contribution in [3.63, 3.8) is 0 Å². The SMILES string of the molecule is CC(C)COC(=O)N1CCC(C(=O)Nc2ccccc2)CC1. The van der Waals surface area contributed by atoms with E-state index < -0.39 is 0 Å². The Morgan fingerprint density at radius 1 is 1.23 bits per heavy atom. The number of rotatable bonds is 4. The van der Waals surface area contributed by atoms with E-state index in [2.05, 4.69) is 5.32 Å². The molecule has 0 atom stereocenters. The maximum absolute atomic E-state index is 12.2. The Labute approximate surface area is 131 Å². The molecular weight excluding hydrogens is 280 g/mol. The monoisotopic (exact) mass is 304 g/mol. The lowest BCUT2D eigenvalue weighted by atomic mass is 9.96. The molecule has 0 bridgehead atoms. The second kappa shape index (κ2) is 7.82. The molecule has 1 aromatic carbocycles. The smallest absolute Gasteiger partial charge is 0.409 e. The third-order valence-corrected chi connectivity index (χ3v) is 3.71. The van der Waals surface area contributed by atoms with Gasteiger partial charge >= 0.3 is 6.09 Å². The number of carbonyl (C=O) groups is 2. The van der Waals surface area contributed by atoms with Crippen molar-refractivity contribution in [1.82, 2.24) is 4.90 Å². The summed E-state index contributed by atoms with van der Waals surface area (Å²) >= 11 is 0. The van der Waals surface area contributed by atoms with Gasteiger partial charge in [0.15, 0.2) is 0 Å². The molecule has 0 saturated carbocycles. The summed E-state index contributed by atoms with van der Waals surface area (Å²) in [4.78, 5) is 25.8. The van der Waals surface area contributed by atoms with Crippen molar-refractivity contribution in [3.8, 4) is 0 Å². The number of likely N-dealkylation sites (tertiary alicyclic amines) is 1. The Balaban J connectivity index is 1.77. The number of carbonyl (C=O) groups excluding carboxylic acids is 2. The quantitative estimate of drug-likeness (QED) is 0.929. The average molecular weight is 304 g/mol. The van der Waals surface area contributed by atoms with Gasteiger partial charge < -0.3 is 15.0 Å². The molecule has 22 heavy (non-hydrogen) atoms. The second-order valence-electron chi connectivity index (χ2n) is 6.09. The van der Waals surface area contributed by atoms with Crippen LogP contribution in [0.1, 0.15) is 26.7 Å². The Hall–Kier alpha value is -2.04. The molecule has 0 aromatic heterocycles. The zero-order chi connectivity index (χ0) is 15.9. The van der Waals surface area contributed by atoms with Crippen LogP contribution in [0.25, 0.3) is 0 Å². The normalized spacial score (nSPS) is 15.7. The molecule has 0 aliphatic carbocycles. The van der Waals surface area contributed by atoms with Gasteiger partial charge in [0.1, 0.15) is 0 Å². The van der Waals surface area contributed by atoms with E-state index >= 15 is 0 Å². The molecule has 120 valence electrons. The largest absolute Gasteiger partial charge is 0.449 e. The van der Waals surface area contributed by atoms with E-state index in [1.165, 1.54) is 0 Å². The van der Waals surface area contributed by atoms with Crippen molar-refractivity contribution >= 4 is 17.7 Å². The van der Waals surface area contributed by atoms with E-state index in [1.54, 1.807) is 4.90 Å². The van der Waals surface area contributed by atoms with Crippen LogP contribution in [0.4, 0.5) is 10.5 Å². The van der Waals surface area contributed by atoms with Gasteiger partial charge in [0, 0.05) is 24.7 Å². The zero-order valence-corrected chi connectivity index (χ0v) is 13.2. The number of benzene rings is 1. The Morgan fingerprint density at radius 3 is 2.45 bits per heavy atom. The van der Waals surface area contributed by atoms with Gasteiger partial charge in [-0.2, -0.15) is 0 Å². The lowest BCUT2D eigenvalue weighted by molar-refractivity contribution is -0.121. The minimum Gasteiger partial charge on any atom is -0.449 e. The molecule has 5 heteroatoms. The van der Waals surface area contributed by atoms with Crippen LogP contribution in [-0.4, -0.2) is 36.6 Å². The molecule has 1 aromatic rings. The first-order valence-electron chi connectivity index (χ1n) is 7.84. The molecule has 1 heterocycles. The summed E-state index contributed by atoms with van der Waals surface area (Å²) < 4.78 is 5.22. The predicted molar refractivity (Wildman–Crippen MR) is 85.6 cm³/mol. The maximum atomic E-state index is 12.2. The van der Waals surface area contributed by atoms with Crippen molar-refractivity contribution < 1.29 is 14.3 Å². The van der Waals surface area contributed by atoms with Gasteiger partial charge in [-0.3, -0.25) is 4.79 Å². The summed E-state index contributed by atoms with van der Waals surface area (Å²) in [5.74, 6) is 0.314. The number of para-hydroxylation sites is 1. The number of anilines is 1. The van der Waals surface area contributed by atoms with Crippen molar-refractivity contribution in [1.29, 1.82) is 0 Å². The Kier molecular flexibility index (Phi) is 5.81. The first kappa shape index (κ1) is 16.3. The van der Waals surface area contributed by atoms with Gasteiger partial charge in [0.25, 0.3) is 0 Å². The topological polar surface area (TPSA) is 58.6 Å². The fourth-order valence-electron chi connectivity index (χ4n) is 2.42. The highest BCUT2D eigenvalue weighted by atomic mass is 16.6. The van der Waals surface area contributed by atoms with Crippen LogP contribution < -0.4 is 5.32 Å². The lowest BCUT2D eigenvalue weighted by Crippen LogP contribution is -2.42. The fourth-order valence-corrected chi connectivity index (χ4v) is 2.42. The first-order chi connectivity index (χ1) is 10.6. The van der Waals surface area contributed by atoms with Crippen molar-refractivity contribution in [2.24, 2.45) is 11.8 Å². The highest BCUT2D eigenvalue weighted by molar-refractivity contribution is 5.92. The zero-order valence-electron chi connectivity index (χ0n) is 13.2. The molecule has 1 fully saturated rings. The van der Waals surface area contributed by atoms with Crippen molar-refractivity contribution in [2.45, 2.75) is 26.7 Å². The summed E-state index contributed by atoms with van der Waals surface area (Å²) in [6, 6.07) is 9.44. The summed E-state index contributed by atoms with van der Waals surface area (Å²) in [6.07, 6.45) is 1.08. The third kappa shape index (κ3) is 4.76. The third-order valence-electron chi connectivity index (χ3n) is 3.71. The number of ether oxygens (including phenoxy) is 1. The van der Waals surface area contributed by atoms with Crippen LogP contribution in [0.3, 0.4) is 0 Å². The van der Waals surface area contributed by atoms with Crippen LogP contribution in [0.2, 0.25) is 0 Å². The first-order valence-corrected chi connectivity index (χ1v) is 7.84. The van der Waals surface area contributed by atoms with Gasteiger partial charge in [-0.15, -0.1) is 0 Å². The minimum atomic E-state index is -0.268. The Bertz CT molecular complexity index is 494. The molecule has 0 radical (unpaired) electrons. The van der Waals surface area contributed by atoms with Crippen molar-refractivity contribution in [3.05, 3.63) is 30.3 Å². The van der Waals surface area contributed by atoms with Gasteiger partial charge in [-0.1, -0.05) is 32.0 Å². The van der Waals surface area contributed by atoms with E-state index in [0.29, 0.717) is 38.5 Å². The minimum absolute atomic E-state index is 0.0291. The summed E-state index contributed by atoms with van der Waals surface area (Å²) in [5, 5.41) is 2.92. The maximum Gasteiger partial charge on any atom is 0.409 e. The molecule has 2 amide bonds. The van der Waals surface area contributed by atoms with E-state index in [4.69, 9.17) is 4.74 Å². The molecule has 0 unspecified atom stereocenters. The van der Waals surface area contributed by atoms with Crippen LogP contribution in [0, 0.1) is 11.8 Å². The summed E-state index contributed by atoms with van der Waals surface area (Å²) in [7, 11) is 0. The second-order valence-corrected chi connectivity index (χ2v) is 6.09. The highest BCUT2D eigenvalue weighted by Crippen LogP contribution is 2.20. The van der Waals surface area contributed by atoms with E-state index in [-0.39, 0.29) is 17.9 Å². The Morgan fingerprint density at radius 2 is 1.86 bits per heavy atom. The predicted octanol–water partition coefficient (Wildman–Crippen LogP) is 3.13. The van der Waals surface area contributed by atoms with Crippen LogP contribution in [-0.2, 0) is 9.53 Å². The number of piperidine rings is 1. The van der Waals surface area contributed by atoms with Crippen molar-refractivity contribution in [2.75, 3.05) is 25.0 Å². The number of amides is 2. The molecule has 1 aliphatic heterocycles. The van der Waals surface area contributed by atoms with Crippen LogP contribution >= 0.6 is 0 Å². The van der Waals surface area contributed by atoms with Crippen LogP contribution in [0.15, 0.2) is 30.3 Å². The summed E-state index contributed by atoms with van der Waals surface area (Å²) in [5.41, 5.74) is 0.811. The fraction of sp³-hybridized carbons (Fsp3) is 0.529. The van der Waals surface area contributed by atoms with Gasteiger partial charge in [-0.25, -0.2) is 4.79 Å². The standard InChI is InChI=1S/C17H24N2O3/c1-13(2)12-22-17(21)19-10-8-14(9-11-19)16(20)18-15-6-4-3-5-7-15/h3-7,13-14H,8-12H2,1-2H3,(H,18,20). The summed E-state index contributed by atoms with van der Waals surface area (Å²) in [6.45, 7) is 5.60.